The Bertz CT molecular complexity index is 344. The van der Waals surface area contributed by atoms with Crippen molar-refractivity contribution in [2.75, 3.05) is 18.9 Å². The van der Waals surface area contributed by atoms with Crippen molar-refractivity contribution in [1.29, 1.82) is 0 Å². The Morgan fingerprint density at radius 3 is 2.65 bits per heavy atom. The van der Waals surface area contributed by atoms with Crippen LogP contribution in [0.15, 0.2) is 30.3 Å². The molecular weight excluding hydrogens is 270 g/mol. The largest absolute Gasteiger partial charge is 0.377 e. The van der Waals surface area contributed by atoms with Gasteiger partial charge in [-0.3, -0.25) is 0 Å². The third kappa shape index (κ3) is 8.59. The minimum absolute atomic E-state index is 0.135. The van der Waals surface area contributed by atoms with Crippen LogP contribution in [0.5, 0.6) is 0 Å². The second-order valence-electron chi connectivity index (χ2n) is 5.64. The molecule has 0 radical (unpaired) electrons. The van der Waals surface area contributed by atoms with Crippen LogP contribution in [-0.4, -0.2) is 29.0 Å². The van der Waals surface area contributed by atoms with Crippen molar-refractivity contribution in [3.63, 3.8) is 0 Å². The van der Waals surface area contributed by atoms with E-state index in [-0.39, 0.29) is 5.54 Å². The van der Waals surface area contributed by atoms with Gasteiger partial charge in [0.05, 0.1) is 6.61 Å². The molecule has 2 N–H and O–H groups in total. The Labute approximate surface area is 127 Å². The molecule has 1 rings (SSSR count). The molecule has 1 aromatic carbocycles. The molecule has 0 spiro atoms. The maximum atomic E-state index is 8.66. The molecule has 0 saturated carbocycles. The van der Waals surface area contributed by atoms with E-state index in [1.165, 1.54) is 5.56 Å². The minimum atomic E-state index is 0.135. The maximum absolute atomic E-state index is 8.66. The van der Waals surface area contributed by atoms with Gasteiger partial charge in [-0.15, -0.1) is 0 Å². The summed E-state index contributed by atoms with van der Waals surface area (Å²) in [6.45, 7) is 6.88. The molecule has 0 aromatic heterocycles. The van der Waals surface area contributed by atoms with Crippen molar-refractivity contribution in [3.05, 3.63) is 35.9 Å². The zero-order valence-electron chi connectivity index (χ0n) is 12.6. The Kier molecular flexibility index (Phi) is 8.94. The zero-order valence-corrected chi connectivity index (χ0v) is 13.4. The number of hydrogen-bond donors (Lipinski definition) is 2. The van der Waals surface area contributed by atoms with Gasteiger partial charge >= 0.3 is 0 Å². The van der Waals surface area contributed by atoms with E-state index in [0.717, 1.165) is 50.2 Å². The molecule has 0 aliphatic heterocycles. The first kappa shape index (κ1) is 17.5. The highest BCUT2D eigenvalue weighted by molar-refractivity contribution is 7.93. The molecule has 4 heteroatoms. The van der Waals surface area contributed by atoms with Crippen LogP contribution in [0.2, 0.25) is 0 Å². The molecule has 114 valence electrons. The molecule has 0 bridgehead atoms. The minimum Gasteiger partial charge on any atom is -0.377 e. The molecule has 20 heavy (non-hydrogen) atoms. The second-order valence-corrected chi connectivity index (χ2v) is 6.31. The lowest BCUT2D eigenvalue weighted by Gasteiger charge is -2.26. The van der Waals surface area contributed by atoms with Gasteiger partial charge in [0.1, 0.15) is 0 Å². The average molecular weight is 297 g/mol. The first-order valence-corrected chi connectivity index (χ1v) is 8.21. The fourth-order valence-electron chi connectivity index (χ4n) is 2.03. The highest BCUT2D eigenvalue weighted by Crippen LogP contribution is 2.12. The summed E-state index contributed by atoms with van der Waals surface area (Å²) in [5.74, 6) is 0.795. The number of nitrogens with one attached hydrogen (secondary N) is 1. The summed E-state index contributed by atoms with van der Waals surface area (Å²) in [6, 6.07) is 10.3. The van der Waals surface area contributed by atoms with Crippen LogP contribution in [-0.2, 0) is 11.3 Å². The van der Waals surface area contributed by atoms with E-state index < -0.39 is 0 Å². The van der Waals surface area contributed by atoms with Crippen molar-refractivity contribution in [1.82, 2.24) is 5.32 Å². The van der Waals surface area contributed by atoms with Crippen molar-refractivity contribution >= 4 is 12.0 Å². The molecular formula is C16H27NO2S. The number of benzene rings is 1. The molecule has 0 fully saturated rings. The van der Waals surface area contributed by atoms with Crippen LogP contribution in [0, 0.1) is 0 Å². The fourth-order valence-corrected chi connectivity index (χ4v) is 2.31. The van der Waals surface area contributed by atoms with E-state index in [2.05, 4.69) is 31.3 Å². The highest BCUT2D eigenvalue weighted by atomic mass is 32.2. The van der Waals surface area contributed by atoms with Crippen LogP contribution >= 0.6 is 12.0 Å². The van der Waals surface area contributed by atoms with Crippen LogP contribution in [0.4, 0.5) is 0 Å². The second kappa shape index (κ2) is 10.2. The number of ether oxygens (including phenoxy) is 1. The summed E-state index contributed by atoms with van der Waals surface area (Å²) >= 11 is 0.915. The normalized spacial score (nSPS) is 11.8. The molecule has 0 amide bonds. The Morgan fingerprint density at radius 2 is 1.95 bits per heavy atom. The Morgan fingerprint density at radius 1 is 1.20 bits per heavy atom. The zero-order chi connectivity index (χ0) is 14.7. The van der Waals surface area contributed by atoms with E-state index in [4.69, 9.17) is 9.29 Å². The molecule has 0 saturated heterocycles. The lowest BCUT2D eigenvalue weighted by atomic mass is 9.98. The molecule has 0 heterocycles. The van der Waals surface area contributed by atoms with E-state index in [1.54, 1.807) is 0 Å². The van der Waals surface area contributed by atoms with Crippen molar-refractivity contribution < 1.29 is 9.29 Å². The van der Waals surface area contributed by atoms with Gasteiger partial charge in [-0.1, -0.05) is 30.3 Å². The first-order chi connectivity index (χ1) is 9.64. The predicted octanol–water partition coefficient (Wildman–Crippen LogP) is 3.95. The average Bonchev–Trinajstić information content (AvgIpc) is 2.44. The SMILES string of the molecule is CC(C)(CCCOCc1ccccc1)NCCCSO. The topological polar surface area (TPSA) is 41.5 Å². The van der Waals surface area contributed by atoms with Gasteiger partial charge in [0.25, 0.3) is 0 Å². The van der Waals surface area contributed by atoms with Gasteiger partial charge in [-0.25, -0.2) is 0 Å². The van der Waals surface area contributed by atoms with Crippen LogP contribution in [0.3, 0.4) is 0 Å². The third-order valence-electron chi connectivity index (χ3n) is 3.22. The van der Waals surface area contributed by atoms with Gasteiger partial charge in [-0.2, -0.15) is 0 Å². The highest BCUT2D eigenvalue weighted by Gasteiger charge is 2.15. The molecule has 0 unspecified atom stereocenters. The summed E-state index contributed by atoms with van der Waals surface area (Å²) in [5.41, 5.74) is 1.36. The summed E-state index contributed by atoms with van der Waals surface area (Å²) in [6.07, 6.45) is 3.14. The van der Waals surface area contributed by atoms with Gasteiger partial charge in [0, 0.05) is 17.9 Å². The Balaban J connectivity index is 2.04. The summed E-state index contributed by atoms with van der Waals surface area (Å²) in [4.78, 5) is 0. The molecule has 0 aliphatic carbocycles. The smallest absolute Gasteiger partial charge is 0.0716 e. The van der Waals surface area contributed by atoms with Crippen molar-refractivity contribution in [2.24, 2.45) is 0 Å². The lowest BCUT2D eigenvalue weighted by molar-refractivity contribution is 0.111. The molecule has 0 aliphatic rings. The third-order valence-corrected chi connectivity index (χ3v) is 3.69. The van der Waals surface area contributed by atoms with E-state index in [0.29, 0.717) is 6.61 Å². The van der Waals surface area contributed by atoms with Crippen molar-refractivity contribution in [2.45, 2.75) is 45.3 Å². The van der Waals surface area contributed by atoms with Crippen molar-refractivity contribution in [3.8, 4) is 0 Å². The molecule has 1 aromatic rings. The van der Waals surface area contributed by atoms with Crippen LogP contribution in [0.25, 0.3) is 0 Å². The van der Waals surface area contributed by atoms with Gasteiger partial charge < -0.3 is 14.6 Å². The van der Waals surface area contributed by atoms with Crippen LogP contribution < -0.4 is 5.32 Å². The fraction of sp³-hybridized carbons (Fsp3) is 0.625. The van der Waals surface area contributed by atoms with Gasteiger partial charge in [-0.05, 0) is 57.3 Å². The van der Waals surface area contributed by atoms with Gasteiger partial charge in [0.2, 0.25) is 0 Å². The standard InChI is InChI=1S/C16H27NO2S/c1-16(2,17-11-7-13-20-18)10-6-12-19-14-15-8-4-3-5-9-15/h3-5,8-9,17-18H,6-7,10-14H2,1-2H3. The van der Waals surface area contributed by atoms with E-state index in [9.17, 15) is 0 Å². The molecule has 3 nitrogen and oxygen atoms in total. The quantitative estimate of drug-likeness (QED) is 0.479. The first-order valence-electron chi connectivity index (χ1n) is 7.27. The van der Waals surface area contributed by atoms with Gasteiger partial charge in [0.15, 0.2) is 0 Å². The van der Waals surface area contributed by atoms with Crippen LogP contribution in [0.1, 0.15) is 38.7 Å². The van der Waals surface area contributed by atoms with E-state index in [1.807, 2.05) is 18.2 Å². The lowest BCUT2D eigenvalue weighted by Crippen LogP contribution is -2.40. The predicted molar refractivity (Wildman–Crippen MR) is 87.1 cm³/mol. The molecule has 0 atom stereocenters. The maximum Gasteiger partial charge on any atom is 0.0716 e. The number of hydrogen-bond acceptors (Lipinski definition) is 4. The summed E-state index contributed by atoms with van der Waals surface area (Å²) < 4.78 is 14.4. The summed E-state index contributed by atoms with van der Waals surface area (Å²) in [7, 11) is 0. The monoisotopic (exact) mass is 297 g/mol. The Hall–Kier alpha value is -0.550. The number of rotatable bonds is 11. The van der Waals surface area contributed by atoms with E-state index >= 15 is 0 Å². The summed E-state index contributed by atoms with van der Waals surface area (Å²) in [5, 5.41) is 3.52.